The van der Waals surface area contributed by atoms with Crippen molar-refractivity contribution in [1.29, 1.82) is 0 Å². The summed E-state index contributed by atoms with van der Waals surface area (Å²) in [7, 11) is 0.569. The second-order valence-electron chi connectivity index (χ2n) is 9.75. The van der Waals surface area contributed by atoms with Crippen LogP contribution in [0.15, 0.2) is 0 Å². The zero-order valence-corrected chi connectivity index (χ0v) is 19.6. The van der Waals surface area contributed by atoms with Crippen LogP contribution in [0.25, 0.3) is 0 Å². The number of rotatable bonds is 0. The molecule has 0 aromatic rings. The van der Waals surface area contributed by atoms with Crippen molar-refractivity contribution in [3.63, 3.8) is 0 Å². The SMILES string of the molecule is CC(C)(C)[SiH]C(C)(C)C.C[C](C)(C)[SnH][C](C)(C)C. The first-order valence-corrected chi connectivity index (χ1v) is 11.6. The second-order valence-corrected chi connectivity index (χ2v) is 24.2. The summed E-state index contributed by atoms with van der Waals surface area (Å²) in [6.07, 6.45) is 0. The molecule has 0 amide bonds. The standard InChI is InChI=1S/C8H19Si.2C4H9.Sn.H/c1-7(2,3)9-8(4,5)6;2*1-4(2)3;;/h9H,1-6H3;2*1-3H3;;. The minimum atomic E-state index is -0.355. The summed E-state index contributed by atoms with van der Waals surface area (Å²) in [4.78, 5) is 0. The molecule has 0 bridgehead atoms. The van der Waals surface area contributed by atoms with Crippen LogP contribution in [0, 0.1) is 0 Å². The molecule has 0 rings (SSSR count). The zero-order valence-electron chi connectivity index (χ0n) is 15.2. The Morgan fingerprint density at radius 3 is 0.722 bits per heavy atom. The Balaban J connectivity index is 0. The normalized spacial score (nSPS) is 14.0. The van der Waals surface area contributed by atoms with E-state index in [0.717, 1.165) is 0 Å². The van der Waals surface area contributed by atoms with Crippen molar-refractivity contribution in [3.8, 4) is 0 Å². The molecule has 0 saturated carbocycles. The van der Waals surface area contributed by atoms with Crippen molar-refractivity contribution in [2.45, 2.75) is 100 Å². The van der Waals surface area contributed by atoms with Crippen LogP contribution >= 0.6 is 0 Å². The van der Waals surface area contributed by atoms with Crippen LogP contribution in [0.5, 0.6) is 0 Å². The van der Waals surface area contributed by atoms with Gasteiger partial charge in [-0.2, -0.15) is 0 Å². The fourth-order valence-electron chi connectivity index (χ4n) is 2.60. The van der Waals surface area contributed by atoms with Crippen LogP contribution in [0.3, 0.4) is 0 Å². The first-order valence-electron chi connectivity index (χ1n) is 7.15. The van der Waals surface area contributed by atoms with E-state index in [0.29, 0.717) is 26.5 Å². The molecule has 0 saturated heterocycles. The molecule has 0 aromatic heterocycles. The van der Waals surface area contributed by atoms with Gasteiger partial charge < -0.3 is 0 Å². The molecule has 2 radical (unpaired) electrons. The molecular weight excluding hydrogens is 339 g/mol. The van der Waals surface area contributed by atoms with Gasteiger partial charge in [-0.1, -0.05) is 41.5 Å². The Bertz CT molecular complexity index is 167. The van der Waals surface area contributed by atoms with Crippen molar-refractivity contribution in [3.05, 3.63) is 0 Å². The van der Waals surface area contributed by atoms with Gasteiger partial charge in [-0.15, -0.1) is 0 Å². The van der Waals surface area contributed by atoms with Gasteiger partial charge in [0.15, 0.2) is 0 Å². The van der Waals surface area contributed by atoms with Gasteiger partial charge in [0, 0.05) is 9.52 Å². The molecule has 0 aromatic carbocycles. The van der Waals surface area contributed by atoms with E-state index in [1.807, 2.05) is 0 Å². The quantitative estimate of drug-likeness (QED) is 0.474. The fourth-order valence-corrected chi connectivity index (χ4v) is 12.6. The van der Waals surface area contributed by atoms with E-state index in [1.54, 1.807) is 0 Å². The molecule has 0 nitrogen and oxygen atoms in total. The molecule has 18 heavy (non-hydrogen) atoms. The Morgan fingerprint density at radius 1 is 0.500 bits per heavy atom. The Hall–Kier alpha value is 1.02. The Kier molecular flexibility index (Phi) is 8.46. The third-order valence-electron chi connectivity index (χ3n) is 1.73. The first kappa shape index (κ1) is 21.3. The predicted octanol–water partition coefficient (Wildman–Crippen LogP) is 5.72. The van der Waals surface area contributed by atoms with Crippen molar-refractivity contribution < 1.29 is 0 Å². The van der Waals surface area contributed by atoms with Crippen LogP contribution in [0.2, 0.25) is 16.9 Å². The van der Waals surface area contributed by atoms with Gasteiger partial charge in [0.05, 0.1) is 0 Å². The van der Waals surface area contributed by atoms with Gasteiger partial charge in [-0.3, -0.25) is 0 Å². The van der Waals surface area contributed by atoms with E-state index in [2.05, 4.69) is 83.1 Å². The molecular formula is C16H38SiSn. The van der Waals surface area contributed by atoms with Crippen molar-refractivity contribution >= 4 is 30.7 Å². The summed E-state index contributed by atoms with van der Waals surface area (Å²) in [5.41, 5.74) is 0. The van der Waals surface area contributed by atoms with E-state index < -0.39 is 0 Å². The first-order chi connectivity index (χ1) is 7.41. The van der Waals surface area contributed by atoms with Gasteiger partial charge in [0.1, 0.15) is 0 Å². The minimum absolute atomic E-state index is 0.355. The van der Waals surface area contributed by atoms with E-state index >= 15 is 0 Å². The maximum atomic E-state index is 2.37. The van der Waals surface area contributed by atoms with Crippen LogP contribution in [0.4, 0.5) is 0 Å². The third kappa shape index (κ3) is 25.8. The fraction of sp³-hybridized carbons (Fsp3) is 1.00. The topological polar surface area (TPSA) is 0 Å². The van der Waals surface area contributed by atoms with Crippen molar-refractivity contribution in [2.24, 2.45) is 0 Å². The monoisotopic (exact) mass is 378 g/mol. The van der Waals surface area contributed by atoms with Gasteiger partial charge in [-0.25, -0.2) is 0 Å². The summed E-state index contributed by atoms with van der Waals surface area (Å²) >= 11 is -0.355. The summed E-state index contributed by atoms with van der Waals surface area (Å²) in [5, 5.41) is 1.14. The number of hydrogen-bond donors (Lipinski definition) is 0. The molecule has 0 heterocycles. The summed E-state index contributed by atoms with van der Waals surface area (Å²) in [5.74, 6) is 0. The molecule has 0 unspecified atom stereocenters. The summed E-state index contributed by atoms with van der Waals surface area (Å²) in [6, 6.07) is 0. The molecule has 0 N–H and O–H groups in total. The van der Waals surface area contributed by atoms with Gasteiger partial charge in [0.25, 0.3) is 0 Å². The molecule has 0 aliphatic carbocycles. The molecule has 2 heteroatoms. The molecule has 0 aliphatic heterocycles. The molecule has 0 spiro atoms. The summed E-state index contributed by atoms with van der Waals surface area (Å²) < 4.78 is 1.35. The van der Waals surface area contributed by atoms with Gasteiger partial charge in [0.2, 0.25) is 0 Å². The molecule has 0 atom stereocenters. The number of hydrogen-bond acceptors (Lipinski definition) is 0. The summed E-state index contributed by atoms with van der Waals surface area (Å²) in [6.45, 7) is 28.2. The van der Waals surface area contributed by atoms with Crippen molar-refractivity contribution in [2.75, 3.05) is 0 Å². The Labute approximate surface area is 130 Å². The van der Waals surface area contributed by atoms with Crippen LogP contribution < -0.4 is 0 Å². The predicted molar refractivity (Wildman–Crippen MR) is 93.2 cm³/mol. The average Bonchev–Trinajstić information content (AvgIpc) is 1.64. The Morgan fingerprint density at radius 2 is 0.722 bits per heavy atom. The van der Waals surface area contributed by atoms with Crippen molar-refractivity contribution in [1.82, 2.24) is 0 Å². The van der Waals surface area contributed by atoms with Crippen LogP contribution in [0.1, 0.15) is 83.1 Å². The zero-order chi connectivity index (χ0) is 15.4. The van der Waals surface area contributed by atoms with E-state index in [-0.39, 0.29) is 21.1 Å². The van der Waals surface area contributed by atoms with E-state index in [4.69, 9.17) is 0 Å². The van der Waals surface area contributed by atoms with E-state index in [9.17, 15) is 0 Å². The van der Waals surface area contributed by atoms with E-state index in [1.165, 1.54) is 0 Å². The van der Waals surface area contributed by atoms with Crippen LogP contribution in [-0.2, 0) is 0 Å². The van der Waals surface area contributed by atoms with Gasteiger partial charge in [-0.05, 0) is 10.1 Å². The van der Waals surface area contributed by atoms with Gasteiger partial charge >= 0.3 is 69.5 Å². The molecule has 0 aliphatic rings. The second kappa shape index (κ2) is 7.15. The van der Waals surface area contributed by atoms with Crippen LogP contribution in [-0.4, -0.2) is 30.7 Å². The average molecular weight is 377 g/mol. The molecule has 110 valence electrons. The maximum absolute atomic E-state index is 2.37. The molecule has 0 fully saturated rings. The third-order valence-corrected chi connectivity index (χ3v) is 8.41.